The van der Waals surface area contributed by atoms with Crippen molar-refractivity contribution in [1.82, 2.24) is 4.90 Å². The average molecular weight is 729 g/mol. The summed E-state index contributed by atoms with van der Waals surface area (Å²) in [6, 6.07) is 22.1. The molecule has 4 amide bonds. The molecular formula is C39H44N4O10. The SMILES string of the molecule is CC(C)(C)OC(=O)N(Cc1cc(NC(=O)[C@H](O)[C@H]2OCCN(c3cccc(CC(=O)OCc4ccccc4)c3)C2=O)ccc1C#N)C(=O)OC(C)(C)C. The third kappa shape index (κ3) is 11.6. The van der Waals surface area contributed by atoms with Crippen LogP contribution in [-0.4, -0.2) is 76.5 Å². The second kappa shape index (κ2) is 17.2. The predicted molar refractivity (Wildman–Crippen MR) is 192 cm³/mol. The van der Waals surface area contributed by atoms with E-state index >= 15 is 0 Å². The van der Waals surface area contributed by atoms with Gasteiger partial charge in [-0.2, -0.15) is 5.26 Å². The number of anilines is 2. The normalized spacial score (nSPS) is 15.1. The summed E-state index contributed by atoms with van der Waals surface area (Å²) in [5.41, 5.74) is 0.353. The van der Waals surface area contributed by atoms with Crippen molar-refractivity contribution in [3.63, 3.8) is 0 Å². The summed E-state index contributed by atoms with van der Waals surface area (Å²) >= 11 is 0. The second-order valence-corrected chi connectivity index (χ2v) is 14.2. The van der Waals surface area contributed by atoms with Crippen LogP contribution in [0, 0.1) is 11.3 Å². The summed E-state index contributed by atoms with van der Waals surface area (Å²) in [6.45, 7) is 9.61. The van der Waals surface area contributed by atoms with Crippen molar-refractivity contribution in [2.75, 3.05) is 23.4 Å². The number of aliphatic hydroxyl groups excluding tert-OH is 1. The Morgan fingerprint density at radius 2 is 1.58 bits per heavy atom. The molecule has 0 radical (unpaired) electrons. The van der Waals surface area contributed by atoms with Gasteiger partial charge in [0, 0.05) is 17.9 Å². The maximum absolute atomic E-state index is 13.5. The lowest BCUT2D eigenvalue weighted by atomic mass is 10.1. The number of hydrogen-bond acceptors (Lipinski definition) is 11. The van der Waals surface area contributed by atoms with Crippen molar-refractivity contribution >= 4 is 41.3 Å². The molecule has 3 aromatic rings. The molecule has 1 fully saturated rings. The van der Waals surface area contributed by atoms with E-state index in [2.05, 4.69) is 5.32 Å². The lowest BCUT2D eigenvalue weighted by Crippen LogP contribution is -2.55. The van der Waals surface area contributed by atoms with E-state index in [1.54, 1.807) is 65.8 Å². The molecular weight excluding hydrogens is 684 g/mol. The molecule has 0 aromatic heterocycles. The summed E-state index contributed by atoms with van der Waals surface area (Å²) < 4.78 is 21.7. The predicted octanol–water partition coefficient (Wildman–Crippen LogP) is 5.25. The first kappa shape index (κ1) is 40.0. The molecule has 2 N–H and O–H groups in total. The number of rotatable bonds is 10. The van der Waals surface area contributed by atoms with Crippen LogP contribution in [0.2, 0.25) is 0 Å². The van der Waals surface area contributed by atoms with Crippen LogP contribution in [0.25, 0.3) is 0 Å². The van der Waals surface area contributed by atoms with E-state index in [9.17, 15) is 34.3 Å². The molecule has 4 rings (SSSR count). The van der Waals surface area contributed by atoms with Crippen molar-refractivity contribution in [2.45, 2.75) is 84.5 Å². The van der Waals surface area contributed by atoms with Crippen molar-refractivity contribution in [1.29, 1.82) is 5.26 Å². The fraction of sp³-hybridized carbons (Fsp3) is 0.385. The topological polar surface area (TPSA) is 185 Å². The van der Waals surface area contributed by atoms with Crippen molar-refractivity contribution in [3.8, 4) is 6.07 Å². The van der Waals surface area contributed by atoms with Crippen molar-refractivity contribution in [3.05, 3.63) is 95.1 Å². The third-order valence-corrected chi connectivity index (χ3v) is 7.54. The van der Waals surface area contributed by atoms with Gasteiger partial charge in [0.1, 0.15) is 17.8 Å². The smallest absolute Gasteiger partial charge is 0.420 e. The van der Waals surface area contributed by atoms with E-state index in [0.717, 1.165) is 5.56 Å². The molecule has 53 heavy (non-hydrogen) atoms. The summed E-state index contributed by atoms with van der Waals surface area (Å²) in [7, 11) is 0. The Morgan fingerprint density at radius 1 is 0.943 bits per heavy atom. The standard InChI is InChI=1S/C39H44N4O10/c1-38(2,3)52-36(48)43(37(49)53-39(4,5)6)23-28-21-29(16-15-27(28)22-40)41-34(46)32(45)33-35(47)42(17-18-50-33)30-14-10-13-26(19-30)20-31(44)51-24-25-11-8-7-9-12-25/h7-16,19,21,32-33,45H,17-18,20,23-24H2,1-6H3,(H,41,46)/t32-,33-/m1/s1. The van der Waals surface area contributed by atoms with Crippen molar-refractivity contribution < 1.29 is 48.0 Å². The van der Waals surface area contributed by atoms with Crippen LogP contribution < -0.4 is 10.2 Å². The molecule has 0 spiro atoms. The van der Waals surface area contributed by atoms with Crippen LogP contribution in [-0.2, 0) is 52.9 Å². The van der Waals surface area contributed by atoms with Crippen LogP contribution >= 0.6 is 0 Å². The van der Waals surface area contributed by atoms with Gasteiger partial charge in [0.2, 0.25) is 0 Å². The van der Waals surface area contributed by atoms with Crippen LogP contribution in [0.3, 0.4) is 0 Å². The first-order valence-corrected chi connectivity index (χ1v) is 16.9. The highest BCUT2D eigenvalue weighted by molar-refractivity contribution is 6.04. The summed E-state index contributed by atoms with van der Waals surface area (Å²) in [5.74, 6) is -2.10. The molecule has 280 valence electrons. The lowest BCUT2D eigenvalue weighted by Gasteiger charge is -2.34. The van der Waals surface area contributed by atoms with Gasteiger partial charge in [-0.1, -0.05) is 42.5 Å². The molecule has 1 heterocycles. The van der Waals surface area contributed by atoms with Gasteiger partial charge in [-0.15, -0.1) is 0 Å². The summed E-state index contributed by atoms with van der Waals surface area (Å²) in [5, 5.41) is 23.3. The Kier molecular flexibility index (Phi) is 12.9. The summed E-state index contributed by atoms with van der Waals surface area (Å²) in [4.78, 5) is 67.5. The zero-order chi connectivity index (χ0) is 38.9. The fourth-order valence-corrected chi connectivity index (χ4v) is 5.15. The number of benzene rings is 3. The van der Waals surface area contributed by atoms with Gasteiger partial charge >= 0.3 is 18.2 Å². The molecule has 0 bridgehead atoms. The number of esters is 1. The number of carbonyl (C=O) groups excluding carboxylic acids is 5. The zero-order valence-electron chi connectivity index (χ0n) is 30.6. The second-order valence-electron chi connectivity index (χ2n) is 14.2. The molecule has 1 aliphatic rings. The number of morpholine rings is 1. The molecule has 2 atom stereocenters. The van der Waals surface area contributed by atoms with Gasteiger partial charge in [0.05, 0.1) is 31.2 Å². The largest absolute Gasteiger partial charge is 0.461 e. The molecule has 0 unspecified atom stereocenters. The Balaban J connectivity index is 1.45. The van der Waals surface area contributed by atoms with Crippen molar-refractivity contribution in [2.24, 2.45) is 0 Å². The minimum atomic E-state index is -1.94. The number of nitrogens with zero attached hydrogens (tertiary/aromatic N) is 3. The van der Waals surface area contributed by atoms with Crippen LogP contribution in [0.1, 0.15) is 63.8 Å². The minimum Gasteiger partial charge on any atom is -0.461 e. The zero-order valence-corrected chi connectivity index (χ0v) is 30.6. The van der Waals surface area contributed by atoms with E-state index in [0.29, 0.717) is 16.2 Å². The van der Waals surface area contributed by atoms with Gasteiger partial charge < -0.3 is 34.3 Å². The van der Waals surface area contributed by atoms with E-state index in [-0.39, 0.29) is 43.0 Å². The highest BCUT2D eigenvalue weighted by atomic mass is 16.6. The molecule has 1 aliphatic heterocycles. The molecule has 0 saturated carbocycles. The summed E-state index contributed by atoms with van der Waals surface area (Å²) in [6.07, 6.45) is -5.55. The molecule has 14 nitrogen and oxygen atoms in total. The van der Waals surface area contributed by atoms with Crippen LogP contribution in [0.15, 0.2) is 72.8 Å². The monoisotopic (exact) mass is 728 g/mol. The maximum atomic E-state index is 13.5. The molecule has 3 aromatic carbocycles. The quantitative estimate of drug-likeness (QED) is 0.205. The number of carbonyl (C=O) groups is 5. The number of ether oxygens (including phenoxy) is 4. The third-order valence-electron chi connectivity index (χ3n) is 7.54. The number of aliphatic hydroxyl groups is 1. The van der Waals surface area contributed by atoms with Gasteiger partial charge in [-0.05, 0) is 88.6 Å². The van der Waals surface area contributed by atoms with E-state index < -0.39 is 59.9 Å². The molecule has 1 saturated heterocycles. The highest BCUT2D eigenvalue weighted by Gasteiger charge is 2.40. The first-order valence-electron chi connectivity index (χ1n) is 16.9. The van der Waals surface area contributed by atoms with E-state index in [1.807, 2.05) is 36.4 Å². The van der Waals surface area contributed by atoms with Crippen LogP contribution in [0.5, 0.6) is 0 Å². The molecule has 14 heteroatoms. The number of imide groups is 1. The van der Waals surface area contributed by atoms with Gasteiger partial charge in [-0.25, -0.2) is 14.5 Å². The number of nitrogens with one attached hydrogen (secondary N) is 1. The van der Waals surface area contributed by atoms with Crippen LogP contribution in [0.4, 0.5) is 21.0 Å². The fourth-order valence-electron chi connectivity index (χ4n) is 5.15. The van der Waals surface area contributed by atoms with E-state index in [1.165, 1.54) is 23.1 Å². The average Bonchev–Trinajstić information content (AvgIpc) is 3.08. The highest BCUT2D eigenvalue weighted by Crippen LogP contribution is 2.25. The Morgan fingerprint density at radius 3 is 2.21 bits per heavy atom. The number of hydrogen-bond donors (Lipinski definition) is 2. The molecule has 0 aliphatic carbocycles. The number of nitriles is 1. The van der Waals surface area contributed by atoms with Gasteiger partial charge in [0.15, 0.2) is 12.2 Å². The maximum Gasteiger partial charge on any atom is 0.420 e. The Hall–Kier alpha value is -5.78. The van der Waals surface area contributed by atoms with E-state index in [4.69, 9.17) is 18.9 Å². The Labute approximate surface area is 308 Å². The minimum absolute atomic E-state index is 0.0102. The lowest BCUT2D eigenvalue weighted by molar-refractivity contribution is -0.150. The number of amides is 4. The first-order chi connectivity index (χ1) is 24.9. The van der Waals surface area contributed by atoms with Gasteiger partial charge in [-0.3, -0.25) is 14.4 Å². The van der Waals surface area contributed by atoms with Gasteiger partial charge in [0.25, 0.3) is 11.8 Å². The Bertz CT molecular complexity index is 1830.